The van der Waals surface area contributed by atoms with Crippen LogP contribution in [0.1, 0.15) is 43.6 Å². The molecule has 1 amide bonds. The summed E-state index contributed by atoms with van der Waals surface area (Å²) in [5.41, 5.74) is 1.25. The molecule has 0 spiro atoms. The Kier molecular flexibility index (Phi) is 5.65. The molecule has 0 unspecified atom stereocenters. The van der Waals surface area contributed by atoms with Crippen LogP contribution in [0, 0.1) is 0 Å². The van der Waals surface area contributed by atoms with Crippen LogP contribution in [0.25, 0.3) is 0 Å². The molecular formula is C19H24N2O3S. The number of aryl methyl sites for hydroxylation is 1. The number of benzene rings is 2. The van der Waals surface area contributed by atoms with E-state index in [-0.39, 0.29) is 16.5 Å². The molecule has 0 radical (unpaired) electrons. The van der Waals surface area contributed by atoms with Gasteiger partial charge in [-0.3, -0.25) is 4.79 Å². The summed E-state index contributed by atoms with van der Waals surface area (Å²) in [6, 6.07) is 13.6. The first-order valence-electron chi connectivity index (χ1n) is 8.16. The van der Waals surface area contributed by atoms with E-state index in [0.717, 1.165) is 12.0 Å². The fraction of sp³-hybridized carbons (Fsp3) is 0.316. The predicted molar refractivity (Wildman–Crippen MR) is 100 cm³/mol. The molecule has 0 aliphatic rings. The van der Waals surface area contributed by atoms with Gasteiger partial charge in [-0.2, -0.15) is 0 Å². The Hall–Kier alpha value is -2.18. The van der Waals surface area contributed by atoms with E-state index in [2.05, 4.69) is 10.0 Å². The second kappa shape index (κ2) is 7.37. The summed E-state index contributed by atoms with van der Waals surface area (Å²) >= 11 is 0. The van der Waals surface area contributed by atoms with E-state index in [1.165, 1.54) is 6.07 Å². The molecule has 0 saturated carbocycles. The van der Waals surface area contributed by atoms with Gasteiger partial charge >= 0.3 is 0 Å². The van der Waals surface area contributed by atoms with Crippen LogP contribution in [0.5, 0.6) is 0 Å². The third kappa shape index (κ3) is 5.14. The lowest BCUT2D eigenvalue weighted by molar-refractivity contribution is 0.102. The van der Waals surface area contributed by atoms with E-state index in [1.54, 1.807) is 51.1 Å². The molecular weight excluding hydrogens is 336 g/mol. The van der Waals surface area contributed by atoms with Gasteiger partial charge in [-0.05, 0) is 57.0 Å². The van der Waals surface area contributed by atoms with Crippen molar-refractivity contribution >= 4 is 21.6 Å². The zero-order valence-corrected chi connectivity index (χ0v) is 15.8. The topological polar surface area (TPSA) is 75.3 Å². The van der Waals surface area contributed by atoms with Crippen LogP contribution < -0.4 is 10.0 Å². The number of rotatable bonds is 5. The minimum Gasteiger partial charge on any atom is -0.321 e. The second-order valence-electron chi connectivity index (χ2n) is 6.86. The van der Waals surface area contributed by atoms with Gasteiger partial charge < -0.3 is 5.32 Å². The maximum Gasteiger partial charge on any atom is 0.255 e. The Morgan fingerprint density at radius 1 is 1.00 bits per heavy atom. The quantitative estimate of drug-likeness (QED) is 0.856. The van der Waals surface area contributed by atoms with E-state index in [9.17, 15) is 13.2 Å². The monoisotopic (exact) mass is 360 g/mol. The van der Waals surface area contributed by atoms with Crippen molar-refractivity contribution in [3.05, 3.63) is 59.7 Å². The van der Waals surface area contributed by atoms with Crippen molar-refractivity contribution in [2.45, 2.75) is 44.6 Å². The van der Waals surface area contributed by atoms with E-state index in [1.807, 2.05) is 19.1 Å². The highest BCUT2D eigenvalue weighted by Crippen LogP contribution is 2.23. The number of nitrogens with one attached hydrogen (secondary N) is 2. The number of hydrogen-bond acceptors (Lipinski definition) is 3. The van der Waals surface area contributed by atoms with Gasteiger partial charge in [-0.15, -0.1) is 0 Å². The van der Waals surface area contributed by atoms with Crippen molar-refractivity contribution in [3.63, 3.8) is 0 Å². The van der Waals surface area contributed by atoms with Crippen molar-refractivity contribution < 1.29 is 13.2 Å². The SMILES string of the molecule is CCc1ccc(C(=O)Nc2ccccc2S(=O)(=O)NC(C)(C)C)cc1. The van der Waals surface area contributed by atoms with Gasteiger partial charge in [0.05, 0.1) is 5.69 Å². The molecule has 6 heteroatoms. The molecule has 0 aliphatic heterocycles. The van der Waals surface area contributed by atoms with Gasteiger partial charge in [-0.1, -0.05) is 31.2 Å². The standard InChI is InChI=1S/C19H24N2O3S/c1-5-14-10-12-15(13-11-14)18(22)20-16-8-6-7-9-17(16)25(23,24)21-19(2,3)4/h6-13,21H,5H2,1-4H3,(H,20,22). The maximum absolute atomic E-state index is 12.6. The summed E-state index contributed by atoms with van der Waals surface area (Å²) in [6.45, 7) is 7.33. The van der Waals surface area contributed by atoms with E-state index in [4.69, 9.17) is 0 Å². The van der Waals surface area contributed by atoms with Crippen LogP contribution in [-0.2, 0) is 16.4 Å². The highest BCUT2D eigenvalue weighted by molar-refractivity contribution is 7.89. The minimum absolute atomic E-state index is 0.0449. The van der Waals surface area contributed by atoms with Crippen molar-refractivity contribution in [3.8, 4) is 0 Å². The van der Waals surface area contributed by atoms with Gasteiger partial charge in [0.25, 0.3) is 5.91 Å². The molecule has 5 nitrogen and oxygen atoms in total. The molecule has 0 aromatic heterocycles. The summed E-state index contributed by atoms with van der Waals surface area (Å²) in [6.07, 6.45) is 0.890. The maximum atomic E-state index is 12.6. The van der Waals surface area contributed by atoms with Gasteiger partial charge in [0, 0.05) is 11.1 Å². The van der Waals surface area contributed by atoms with E-state index >= 15 is 0 Å². The zero-order chi connectivity index (χ0) is 18.7. The van der Waals surface area contributed by atoms with Gasteiger partial charge in [0.2, 0.25) is 10.0 Å². The lowest BCUT2D eigenvalue weighted by Crippen LogP contribution is -2.40. The first kappa shape index (κ1) is 19.1. The first-order chi connectivity index (χ1) is 11.6. The Morgan fingerprint density at radius 3 is 2.16 bits per heavy atom. The van der Waals surface area contributed by atoms with Crippen LogP contribution in [0.2, 0.25) is 0 Å². The molecule has 0 saturated heterocycles. The van der Waals surface area contributed by atoms with Crippen LogP contribution >= 0.6 is 0 Å². The molecule has 25 heavy (non-hydrogen) atoms. The molecule has 2 N–H and O–H groups in total. The van der Waals surface area contributed by atoms with Crippen LogP contribution in [-0.4, -0.2) is 19.9 Å². The minimum atomic E-state index is -3.75. The Bertz CT molecular complexity index is 851. The third-order valence-corrected chi connectivity index (χ3v) is 5.31. The summed E-state index contributed by atoms with van der Waals surface area (Å²) in [5, 5.41) is 2.70. The van der Waals surface area contributed by atoms with Gasteiger partial charge in [-0.25, -0.2) is 13.1 Å². The first-order valence-corrected chi connectivity index (χ1v) is 9.64. The summed E-state index contributed by atoms with van der Waals surface area (Å²) in [5.74, 6) is -0.346. The Labute approximate surface area is 149 Å². The average Bonchev–Trinajstić information content (AvgIpc) is 2.53. The smallest absolute Gasteiger partial charge is 0.255 e. The largest absolute Gasteiger partial charge is 0.321 e. The molecule has 0 bridgehead atoms. The molecule has 2 aromatic carbocycles. The number of anilines is 1. The van der Waals surface area contributed by atoms with Crippen LogP contribution in [0.4, 0.5) is 5.69 Å². The van der Waals surface area contributed by atoms with E-state index < -0.39 is 15.6 Å². The van der Waals surface area contributed by atoms with Crippen LogP contribution in [0.15, 0.2) is 53.4 Å². The zero-order valence-electron chi connectivity index (χ0n) is 15.0. The van der Waals surface area contributed by atoms with Crippen LogP contribution in [0.3, 0.4) is 0 Å². The lowest BCUT2D eigenvalue weighted by atomic mass is 10.1. The summed E-state index contributed by atoms with van der Waals surface area (Å²) < 4.78 is 27.8. The van der Waals surface area contributed by atoms with Gasteiger partial charge in [0.15, 0.2) is 0 Å². The van der Waals surface area contributed by atoms with Crippen molar-refractivity contribution in [2.75, 3.05) is 5.32 Å². The molecule has 0 heterocycles. The normalized spacial score (nSPS) is 12.0. The van der Waals surface area contributed by atoms with Crippen molar-refractivity contribution in [1.82, 2.24) is 4.72 Å². The molecule has 0 fully saturated rings. The molecule has 0 atom stereocenters. The number of sulfonamides is 1. The number of para-hydroxylation sites is 1. The number of carbonyl (C=O) groups is 1. The van der Waals surface area contributed by atoms with Crippen molar-refractivity contribution in [2.24, 2.45) is 0 Å². The van der Waals surface area contributed by atoms with Crippen molar-refractivity contribution in [1.29, 1.82) is 0 Å². The molecule has 0 aliphatic carbocycles. The fourth-order valence-electron chi connectivity index (χ4n) is 2.35. The molecule has 2 aromatic rings. The molecule has 2 rings (SSSR count). The summed E-state index contributed by atoms with van der Waals surface area (Å²) in [7, 11) is -3.75. The van der Waals surface area contributed by atoms with E-state index in [0.29, 0.717) is 5.56 Å². The highest BCUT2D eigenvalue weighted by Gasteiger charge is 2.25. The Morgan fingerprint density at radius 2 is 1.60 bits per heavy atom. The third-order valence-electron chi connectivity index (χ3n) is 3.49. The fourth-order valence-corrected chi connectivity index (χ4v) is 3.93. The number of carbonyl (C=O) groups excluding carboxylic acids is 1. The lowest BCUT2D eigenvalue weighted by Gasteiger charge is -2.21. The molecule has 134 valence electrons. The number of amides is 1. The summed E-state index contributed by atoms with van der Waals surface area (Å²) in [4.78, 5) is 12.5. The Balaban J connectivity index is 2.30. The predicted octanol–water partition coefficient (Wildman–Crippen LogP) is 3.58. The second-order valence-corrected chi connectivity index (χ2v) is 8.51. The van der Waals surface area contributed by atoms with Gasteiger partial charge in [0.1, 0.15) is 4.90 Å². The highest BCUT2D eigenvalue weighted by atomic mass is 32.2. The average molecular weight is 360 g/mol. The number of hydrogen-bond donors (Lipinski definition) is 2.